The first-order chi connectivity index (χ1) is 12.2. The van der Waals surface area contributed by atoms with Crippen LogP contribution in [0.3, 0.4) is 0 Å². The average molecular weight is 342 g/mol. The number of amides is 1. The van der Waals surface area contributed by atoms with Crippen molar-refractivity contribution in [2.75, 3.05) is 13.1 Å². The average Bonchev–Trinajstić information content (AvgIpc) is 3.08. The van der Waals surface area contributed by atoms with Gasteiger partial charge in [-0.25, -0.2) is 0 Å². The van der Waals surface area contributed by atoms with Crippen molar-refractivity contribution in [2.24, 2.45) is 5.92 Å². The van der Waals surface area contributed by atoms with Crippen LogP contribution in [0.25, 0.3) is 0 Å². The molecule has 134 valence electrons. The SMILES string of the molecule is CCCc1noc(CN2CCC(C(=O)NCc3ccccc3)CC2)n1. The van der Waals surface area contributed by atoms with E-state index < -0.39 is 0 Å². The minimum absolute atomic E-state index is 0.0956. The Labute approximate surface area is 148 Å². The molecule has 6 heteroatoms. The summed E-state index contributed by atoms with van der Waals surface area (Å²) in [5.74, 6) is 1.72. The Kier molecular flexibility index (Phi) is 6.17. The van der Waals surface area contributed by atoms with Gasteiger partial charge in [0.05, 0.1) is 6.54 Å². The standard InChI is InChI=1S/C19H26N4O2/c1-2-6-17-21-18(25-22-17)14-23-11-9-16(10-12-23)19(24)20-13-15-7-4-3-5-8-15/h3-5,7-8,16H,2,6,9-14H2,1H3,(H,20,24). The molecule has 0 saturated carbocycles. The van der Waals surface area contributed by atoms with Crippen LogP contribution in [0.15, 0.2) is 34.9 Å². The van der Waals surface area contributed by atoms with Crippen LogP contribution < -0.4 is 5.32 Å². The van der Waals surface area contributed by atoms with Crippen LogP contribution in [0, 0.1) is 5.92 Å². The Balaban J connectivity index is 1.41. The highest BCUT2D eigenvalue weighted by atomic mass is 16.5. The van der Waals surface area contributed by atoms with Gasteiger partial charge in [0.25, 0.3) is 0 Å². The van der Waals surface area contributed by atoms with Crippen LogP contribution in [-0.2, 0) is 24.3 Å². The predicted molar refractivity (Wildman–Crippen MR) is 94.6 cm³/mol. The summed E-state index contributed by atoms with van der Waals surface area (Å²) in [4.78, 5) is 19.0. The van der Waals surface area contributed by atoms with Gasteiger partial charge in [-0.2, -0.15) is 4.98 Å². The highest BCUT2D eigenvalue weighted by Gasteiger charge is 2.25. The molecule has 1 N–H and O–H groups in total. The van der Waals surface area contributed by atoms with Crippen molar-refractivity contribution in [3.8, 4) is 0 Å². The summed E-state index contributed by atoms with van der Waals surface area (Å²) in [6.45, 7) is 5.14. The van der Waals surface area contributed by atoms with Crippen LogP contribution >= 0.6 is 0 Å². The summed E-state index contributed by atoms with van der Waals surface area (Å²) in [6.07, 6.45) is 3.61. The molecule has 0 radical (unpaired) electrons. The lowest BCUT2D eigenvalue weighted by molar-refractivity contribution is -0.126. The molecule has 1 aromatic carbocycles. The smallest absolute Gasteiger partial charge is 0.240 e. The molecule has 0 spiro atoms. The van der Waals surface area contributed by atoms with Gasteiger partial charge in [0, 0.05) is 18.9 Å². The van der Waals surface area contributed by atoms with Gasteiger partial charge >= 0.3 is 0 Å². The number of aryl methyl sites for hydroxylation is 1. The summed E-state index contributed by atoms with van der Waals surface area (Å²) >= 11 is 0. The van der Waals surface area contributed by atoms with E-state index in [1.807, 2.05) is 30.3 Å². The maximum atomic E-state index is 12.3. The minimum atomic E-state index is 0.0956. The van der Waals surface area contributed by atoms with Crippen molar-refractivity contribution in [2.45, 2.75) is 45.7 Å². The molecule has 1 amide bonds. The van der Waals surface area contributed by atoms with Crippen molar-refractivity contribution >= 4 is 5.91 Å². The summed E-state index contributed by atoms with van der Waals surface area (Å²) in [6, 6.07) is 10.0. The summed E-state index contributed by atoms with van der Waals surface area (Å²) in [5, 5.41) is 7.04. The molecule has 1 aliphatic heterocycles. The third kappa shape index (κ3) is 5.13. The van der Waals surface area contributed by atoms with Crippen LogP contribution in [-0.4, -0.2) is 34.0 Å². The predicted octanol–water partition coefficient (Wildman–Crippen LogP) is 2.55. The van der Waals surface area contributed by atoms with E-state index >= 15 is 0 Å². The third-order valence-corrected chi connectivity index (χ3v) is 4.61. The Morgan fingerprint density at radius 1 is 1.28 bits per heavy atom. The van der Waals surface area contributed by atoms with Crippen molar-refractivity contribution in [3.05, 3.63) is 47.6 Å². The molecule has 3 rings (SSSR count). The second-order valence-electron chi connectivity index (χ2n) is 6.61. The fraction of sp³-hybridized carbons (Fsp3) is 0.526. The quantitative estimate of drug-likeness (QED) is 0.837. The number of nitrogens with zero attached hydrogens (tertiary/aromatic N) is 3. The molecular formula is C19H26N4O2. The topological polar surface area (TPSA) is 71.3 Å². The Hall–Kier alpha value is -2.21. The van der Waals surface area contributed by atoms with Crippen molar-refractivity contribution in [1.82, 2.24) is 20.4 Å². The van der Waals surface area contributed by atoms with Crippen LogP contribution in [0.2, 0.25) is 0 Å². The summed E-state index contributed by atoms with van der Waals surface area (Å²) in [5.41, 5.74) is 1.13. The van der Waals surface area contributed by atoms with Gasteiger partial charge in [-0.1, -0.05) is 42.4 Å². The number of carbonyl (C=O) groups is 1. The van der Waals surface area contributed by atoms with Gasteiger partial charge < -0.3 is 9.84 Å². The number of piperidine rings is 1. The van der Waals surface area contributed by atoms with Crippen LogP contribution in [0.5, 0.6) is 0 Å². The number of aromatic nitrogens is 2. The maximum Gasteiger partial charge on any atom is 0.240 e. The molecule has 1 fully saturated rings. The maximum absolute atomic E-state index is 12.3. The van der Waals surface area contributed by atoms with E-state index in [0.717, 1.165) is 50.2 Å². The number of carbonyl (C=O) groups excluding carboxylic acids is 1. The van der Waals surface area contributed by atoms with Gasteiger partial charge in [-0.15, -0.1) is 0 Å². The number of benzene rings is 1. The monoisotopic (exact) mass is 342 g/mol. The van der Waals surface area contributed by atoms with Gasteiger partial charge in [0.2, 0.25) is 11.8 Å². The van der Waals surface area contributed by atoms with E-state index in [1.165, 1.54) is 0 Å². The number of rotatable bonds is 7. The fourth-order valence-corrected chi connectivity index (χ4v) is 3.15. The second-order valence-corrected chi connectivity index (χ2v) is 6.61. The van der Waals surface area contributed by atoms with E-state index in [2.05, 4.69) is 27.3 Å². The summed E-state index contributed by atoms with van der Waals surface area (Å²) < 4.78 is 5.30. The zero-order valence-corrected chi connectivity index (χ0v) is 14.8. The normalized spacial score (nSPS) is 16.0. The van der Waals surface area contributed by atoms with Gasteiger partial charge in [-0.05, 0) is 37.9 Å². The second kappa shape index (κ2) is 8.76. The van der Waals surface area contributed by atoms with Gasteiger partial charge in [-0.3, -0.25) is 9.69 Å². The molecule has 25 heavy (non-hydrogen) atoms. The first-order valence-electron chi connectivity index (χ1n) is 9.10. The van der Waals surface area contributed by atoms with E-state index in [4.69, 9.17) is 4.52 Å². The summed E-state index contributed by atoms with van der Waals surface area (Å²) in [7, 11) is 0. The Bertz CT molecular complexity index is 663. The molecule has 1 aliphatic rings. The van der Waals surface area contributed by atoms with Crippen molar-refractivity contribution in [1.29, 1.82) is 0 Å². The van der Waals surface area contributed by atoms with Gasteiger partial charge in [0.1, 0.15) is 0 Å². The van der Waals surface area contributed by atoms with Crippen molar-refractivity contribution < 1.29 is 9.32 Å². The molecule has 1 saturated heterocycles. The zero-order chi connectivity index (χ0) is 17.5. The molecule has 6 nitrogen and oxygen atoms in total. The van der Waals surface area contributed by atoms with E-state index in [-0.39, 0.29) is 11.8 Å². The number of hydrogen-bond acceptors (Lipinski definition) is 5. The van der Waals surface area contributed by atoms with E-state index in [0.29, 0.717) is 19.0 Å². The lowest BCUT2D eigenvalue weighted by atomic mass is 9.96. The number of nitrogens with one attached hydrogen (secondary N) is 1. The lowest BCUT2D eigenvalue weighted by Crippen LogP contribution is -2.40. The molecule has 0 atom stereocenters. The minimum Gasteiger partial charge on any atom is -0.352 e. The first-order valence-corrected chi connectivity index (χ1v) is 9.10. The number of hydrogen-bond donors (Lipinski definition) is 1. The molecule has 2 aromatic rings. The van der Waals surface area contributed by atoms with Gasteiger partial charge in [0.15, 0.2) is 5.82 Å². The Morgan fingerprint density at radius 3 is 2.76 bits per heavy atom. The molecule has 0 bridgehead atoms. The molecule has 2 heterocycles. The van der Waals surface area contributed by atoms with Crippen molar-refractivity contribution in [3.63, 3.8) is 0 Å². The Morgan fingerprint density at radius 2 is 2.04 bits per heavy atom. The number of likely N-dealkylation sites (tertiary alicyclic amines) is 1. The lowest BCUT2D eigenvalue weighted by Gasteiger charge is -2.30. The fourth-order valence-electron chi connectivity index (χ4n) is 3.15. The largest absolute Gasteiger partial charge is 0.352 e. The molecule has 0 unspecified atom stereocenters. The van der Waals surface area contributed by atoms with Crippen LogP contribution in [0.1, 0.15) is 43.5 Å². The molecular weight excluding hydrogens is 316 g/mol. The first kappa shape index (κ1) is 17.6. The molecule has 1 aromatic heterocycles. The highest BCUT2D eigenvalue weighted by Crippen LogP contribution is 2.19. The highest BCUT2D eigenvalue weighted by molar-refractivity contribution is 5.78. The van der Waals surface area contributed by atoms with E-state index in [1.54, 1.807) is 0 Å². The zero-order valence-electron chi connectivity index (χ0n) is 14.8. The third-order valence-electron chi connectivity index (χ3n) is 4.61. The van der Waals surface area contributed by atoms with Crippen LogP contribution in [0.4, 0.5) is 0 Å². The van der Waals surface area contributed by atoms with E-state index in [9.17, 15) is 4.79 Å². The molecule has 0 aliphatic carbocycles.